The summed E-state index contributed by atoms with van der Waals surface area (Å²) < 4.78 is 31.7. The number of amides is 2. The number of fused-ring (bicyclic) bond motifs is 3. The van der Waals surface area contributed by atoms with Crippen molar-refractivity contribution >= 4 is 46.5 Å². The van der Waals surface area contributed by atoms with E-state index in [9.17, 15) is 22.8 Å². The zero-order chi connectivity index (χ0) is 33.3. The summed E-state index contributed by atoms with van der Waals surface area (Å²) in [6.07, 6.45) is 3.77. The van der Waals surface area contributed by atoms with Gasteiger partial charge in [0.05, 0.1) is 16.6 Å². The molecule has 3 heterocycles. The number of aliphatic carboxylic acids is 1. The fourth-order valence-electron chi connectivity index (χ4n) is 6.75. The van der Waals surface area contributed by atoms with Crippen LogP contribution in [0.15, 0.2) is 66.7 Å². The SMILES string of the molecule is NC(=O)CN1C(=O)[C@@]2(C[C@H]2c2ccc3c(/C=C/c4ccc(CN5CCCCC5)cc4)n[nH]c3c2)c2ccccc21.O=C(O)C(F)(F)F. The highest BCUT2D eigenvalue weighted by Gasteiger charge is 2.67. The Bertz CT molecular complexity index is 1850. The lowest BCUT2D eigenvalue weighted by molar-refractivity contribution is -0.192. The fraction of sp³-hybridized carbons (Fsp3) is 0.314. The van der Waals surface area contributed by atoms with E-state index in [0.717, 1.165) is 51.9 Å². The second-order valence-electron chi connectivity index (χ2n) is 12.2. The molecule has 4 N–H and O–H groups in total. The molecule has 0 radical (unpaired) electrons. The van der Waals surface area contributed by atoms with Crippen molar-refractivity contribution in [2.45, 2.75) is 49.7 Å². The first-order chi connectivity index (χ1) is 22.5. The van der Waals surface area contributed by atoms with Gasteiger partial charge in [-0.05, 0) is 72.8 Å². The van der Waals surface area contributed by atoms with E-state index in [1.54, 1.807) is 4.90 Å². The normalized spacial score (nSPS) is 20.8. The molecule has 244 valence electrons. The van der Waals surface area contributed by atoms with Gasteiger partial charge in [0.2, 0.25) is 11.8 Å². The number of carboxylic acid groups (broad SMARTS) is 1. The molecule has 2 atom stereocenters. The van der Waals surface area contributed by atoms with Gasteiger partial charge in [-0.1, -0.05) is 67.1 Å². The number of halogens is 3. The Morgan fingerprint density at radius 2 is 1.72 bits per heavy atom. The minimum atomic E-state index is -5.08. The molecule has 3 aromatic carbocycles. The summed E-state index contributed by atoms with van der Waals surface area (Å²) in [7, 11) is 0. The maximum Gasteiger partial charge on any atom is 0.490 e. The van der Waals surface area contributed by atoms with Crippen LogP contribution in [0.3, 0.4) is 0 Å². The summed E-state index contributed by atoms with van der Waals surface area (Å²) in [4.78, 5) is 38.2. The number of carboxylic acids is 1. The third kappa shape index (κ3) is 6.50. The van der Waals surface area contributed by atoms with Gasteiger partial charge in [0, 0.05) is 23.5 Å². The van der Waals surface area contributed by atoms with Crippen LogP contribution in [0, 0.1) is 0 Å². The molecule has 47 heavy (non-hydrogen) atoms. The number of aromatic amines is 1. The van der Waals surface area contributed by atoms with E-state index in [1.165, 1.54) is 37.9 Å². The largest absolute Gasteiger partial charge is 0.490 e. The van der Waals surface area contributed by atoms with Crippen LogP contribution < -0.4 is 10.6 Å². The summed E-state index contributed by atoms with van der Waals surface area (Å²) in [5.74, 6) is -3.25. The molecular weight excluding hydrogens is 611 g/mol. The third-order valence-corrected chi connectivity index (χ3v) is 9.11. The molecule has 3 aliphatic rings. The van der Waals surface area contributed by atoms with Gasteiger partial charge >= 0.3 is 12.1 Å². The highest BCUT2D eigenvalue weighted by molar-refractivity contribution is 6.13. The van der Waals surface area contributed by atoms with Gasteiger partial charge in [-0.25, -0.2) is 4.79 Å². The molecule has 9 nitrogen and oxygen atoms in total. The van der Waals surface area contributed by atoms with Gasteiger partial charge in [0.1, 0.15) is 6.54 Å². The number of nitrogens with zero attached hydrogens (tertiary/aromatic N) is 3. The number of hydrogen-bond acceptors (Lipinski definition) is 5. The maximum absolute atomic E-state index is 13.6. The average Bonchev–Trinajstić information content (AvgIpc) is 3.62. The Morgan fingerprint density at radius 3 is 2.40 bits per heavy atom. The first kappa shape index (κ1) is 32.0. The Hall–Kier alpha value is -4.97. The van der Waals surface area contributed by atoms with Crippen molar-refractivity contribution in [3.8, 4) is 0 Å². The quantitative estimate of drug-likeness (QED) is 0.239. The van der Waals surface area contributed by atoms with Gasteiger partial charge in [-0.3, -0.25) is 19.6 Å². The molecule has 4 aromatic rings. The Kier molecular flexibility index (Phi) is 8.63. The van der Waals surface area contributed by atoms with E-state index < -0.39 is 23.5 Å². The number of hydrogen-bond donors (Lipinski definition) is 3. The third-order valence-electron chi connectivity index (χ3n) is 9.11. The van der Waals surface area contributed by atoms with Crippen molar-refractivity contribution in [1.29, 1.82) is 0 Å². The molecular formula is C35H34F3N5O4. The summed E-state index contributed by atoms with van der Waals surface area (Å²) >= 11 is 0. The van der Waals surface area contributed by atoms with Gasteiger partial charge in [-0.15, -0.1) is 0 Å². The number of H-pyrrole nitrogens is 1. The van der Waals surface area contributed by atoms with E-state index in [4.69, 9.17) is 15.6 Å². The molecule has 2 fully saturated rings. The molecule has 7 rings (SSSR count). The predicted molar refractivity (Wildman–Crippen MR) is 171 cm³/mol. The maximum atomic E-state index is 13.6. The predicted octanol–water partition coefficient (Wildman–Crippen LogP) is 5.61. The van der Waals surface area contributed by atoms with E-state index in [-0.39, 0.29) is 18.4 Å². The van der Waals surface area contributed by atoms with Crippen molar-refractivity contribution in [1.82, 2.24) is 15.1 Å². The molecule has 1 spiro atoms. The number of benzene rings is 3. The molecule has 1 aromatic heterocycles. The van der Waals surface area contributed by atoms with Gasteiger partial charge in [0.15, 0.2) is 0 Å². The number of anilines is 1. The van der Waals surface area contributed by atoms with Gasteiger partial charge < -0.3 is 15.7 Å². The summed E-state index contributed by atoms with van der Waals surface area (Å²) in [5.41, 5.74) is 12.1. The molecule has 2 amide bonds. The minimum Gasteiger partial charge on any atom is -0.475 e. The second-order valence-corrected chi connectivity index (χ2v) is 12.2. The van der Waals surface area contributed by atoms with Crippen LogP contribution >= 0.6 is 0 Å². The lowest BCUT2D eigenvalue weighted by atomic mass is 9.92. The first-order valence-electron chi connectivity index (χ1n) is 15.4. The van der Waals surface area contributed by atoms with E-state index >= 15 is 0 Å². The lowest BCUT2D eigenvalue weighted by Crippen LogP contribution is -2.39. The lowest BCUT2D eigenvalue weighted by Gasteiger charge is -2.26. The molecule has 0 bridgehead atoms. The Balaban J connectivity index is 0.000000499. The number of rotatable bonds is 7. The molecule has 2 aliphatic heterocycles. The highest BCUT2D eigenvalue weighted by atomic mass is 19.4. The standard InChI is InChI=1S/C33H33N5O2.C2HF3O2/c34-31(39)21-38-30-7-3-2-6-26(30)33(32(38)40)19-27(33)24-13-14-25-28(35-36-29(25)18-24)15-12-22-8-10-23(11-9-22)20-37-16-4-1-5-17-37;3-2(4,5)1(6)7/h2-3,6-15,18,27H,1,4-5,16-17,19-21H2,(H2,34,39)(H,35,36);(H,6,7)/b15-12+;/t27-,33-;/m0./s1. The monoisotopic (exact) mass is 645 g/mol. The number of likely N-dealkylation sites (tertiary alicyclic amines) is 1. The minimum absolute atomic E-state index is 0.0345. The van der Waals surface area contributed by atoms with Crippen molar-refractivity contribution in [2.75, 3.05) is 24.5 Å². The Morgan fingerprint density at radius 1 is 1.02 bits per heavy atom. The van der Waals surface area contributed by atoms with Crippen LogP contribution in [0.25, 0.3) is 23.1 Å². The van der Waals surface area contributed by atoms with Gasteiger partial charge in [-0.2, -0.15) is 18.3 Å². The van der Waals surface area contributed by atoms with E-state index in [1.807, 2.05) is 24.3 Å². The topological polar surface area (TPSA) is 133 Å². The highest BCUT2D eigenvalue weighted by Crippen LogP contribution is 2.66. The fourth-order valence-corrected chi connectivity index (χ4v) is 6.75. The van der Waals surface area contributed by atoms with Crippen LogP contribution in [0.5, 0.6) is 0 Å². The van der Waals surface area contributed by atoms with Crippen molar-refractivity contribution < 1.29 is 32.7 Å². The number of para-hydroxylation sites is 1. The van der Waals surface area contributed by atoms with Crippen molar-refractivity contribution in [3.63, 3.8) is 0 Å². The average molecular weight is 646 g/mol. The number of carbonyl (C=O) groups excluding carboxylic acids is 2. The first-order valence-corrected chi connectivity index (χ1v) is 15.4. The number of carbonyl (C=O) groups is 3. The summed E-state index contributed by atoms with van der Waals surface area (Å²) in [6.45, 7) is 3.34. The second kappa shape index (κ2) is 12.7. The smallest absolute Gasteiger partial charge is 0.475 e. The van der Waals surface area contributed by atoms with E-state index in [0.29, 0.717) is 0 Å². The van der Waals surface area contributed by atoms with Crippen molar-refractivity contribution in [3.05, 3.63) is 94.7 Å². The number of nitrogens with one attached hydrogen (secondary N) is 1. The van der Waals surface area contributed by atoms with Crippen LogP contribution in [-0.2, 0) is 26.3 Å². The number of primary amides is 1. The zero-order valence-corrected chi connectivity index (χ0v) is 25.5. The molecule has 0 unspecified atom stereocenters. The van der Waals surface area contributed by atoms with Crippen molar-refractivity contribution in [2.24, 2.45) is 5.73 Å². The molecule has 12 heteroatoms. The van der Waals surface area contributed by atoms with Crippen LogP contribution in [0.1, 0.15) is 59.5 Å². The van der Waals surface area contributed by atoms with Crippen LogP contribution in [-0.4, -0.2) is 63.8 Å². The number of alkyl halides is 3. The van der Waals surface area contributed by atoms with E-state index in [2.05, 4.69) is 69.7 Å². The number of aromatic nitrogens is 2. The summed E-state index contributed by atoms with van der Waals surface area (Å²) in [6, 6.07) is 22.9. The molecule has 1 aliphatic carbocycles. The Labute approximate surface area is 268 Å². The molecule has 1 saturated heterocycles. The van der Waals surface area contributed by atoms with Crippen LogP contribution in [0.2, 0.25) is 0 Å². The number of piperidine rings is 1. The number of nitrogens with two attached hydrogens (primary N) is 1. The summed E-state index contributed by atoms with van der Waals surface area (Å²) in [5, 5.41) is 15.9. The van der Waals surface area contributed by atoms with Crippen LogP contribution in [0.4, 0.5) is 18.9 Å². The van der Waals surface area contributed by atoms with Gasteiger partial charge in [0.25, 0.3) is 0 Å². The zero-order valence-electron chi connectivity index (χ0n) is 25.5. The molecule has 1 saturated carbocycles.